The Bertz CT molecular complexity index is 1100. The van der Waals surface area contributed by atoms with E-state index in [2.05, 4.69) is 54.5 Å². The molecule has 3 atom stereocenters. The minimum Gasteiger partial charge on any atom is -0.493 e. The molecule has 5 rings (SSSR count). The zero-order valence-corrected chi connectivity index (χ0v) is 22.1. The summed E-state index contributed by atoms with van der Waals surface area (Å²) in [5, 5.41) is 10.4. The van der Waals surface area contributed by atoms with Gasteiger partial charge in [-0.15, -0.1) is 0 Å². The van der Waals surface area contributed by atoms with Crippen LogP contribution in [0.2, 0.25) is 0 Å². The summed E-state index contributed by atoms with van der Waals surface area (Å²) in [6.45, 7) is 13.3. The van der Waals surface area contributed by atoms with Crippen LogP contribution >= 0.6 is 0 Å². The number of rotatable bonds is 8. The number of nitrogens with zero attached hydrogens (tertiary/aromatic N) is 6. The van der Waals surface area contributed by atoms with E-state index in [4.69, 9.17) is 24.4 Å². The van der Waals surface area contributed by atoms with Gasteiger partial charge in [-0.25, -0.2) is 0 Å². The second-order valence-corrected chi connectivity index (χ2v) is 9.69. The fraction of sp³-hybridized carbons (Fsp3) is 0.593. The molecule has 2 aromatic rings. The molecule has 36 heavy (non-hydrogen) atoms. The van der Waals surface area contributed by atoms with Crippen molar-refractivity contribution < 1.29 is 14.6 Å². The first-order valence-corrected chi connectivity index (χ1v) is 13.2. The van der Waals surface area contributed by atoms with Crippen LogP contribution in [-0.4, -0.2) is 72.1 Å². The number of hydrogen-bond acceptors (Lipinski definition) is 9. The molecule has 3 aliphatic rings. The average Bonchev–Trinajstić information content (AvgIpc) is 3.12. The molecule has 0 bridgehead atoms. The van der Waals surface area contributed by atoms with E-state index in [1.54, 1.807) is 7.11 Å². The Balaban J connectivity index is 1.61. The molecule has 1 spiro atoms. The number of ether oxygens (including phenoxy) is 2. The average molecular weight is 495 g/mol. The Morgan fingerprint density at radius 3 is 2.33 bits per heavy atom. The van der Waals surface area contributed by atoms with Crippen molar-refractivity contribution in [2.45, 2.75) is 64.7 Å². The summed E-state index contributed by atoms with van der Waals surface area (Å²) < 4.78 is 12.1. The number of aliphatic hydroxyl groups is 1. The van der Waals surface area contributed by atoms with E-state index in [1.165, 1.54) is 11.1 Å². The van der Waals surface area contributed by atoms with Gasteiger partial charge in [0.15, 0.2) is 11.5 Å². The first kappa shape index (κ1) is 24.6. The van der Waals surface area contributed by atoms with Crippen LogP contribution in [-0.2, 0) is 12.0 Å². The summed E-state index contributed by atoms with van der Waals surface area (Å²) in [6.07, 6.45) is 4.87. The van der Waals surface area contributed by atoms with Crippen molar-refractivity contribution in [2.75, 3.05) is 54.5 Å². The van der Waals surface area contributed by atoms with Gasteiger partial charge in [0.05, 0.1) is 18.6 Å². The minimum atomic E-state index is -0.500. The SMILES string of the molecule is CCN(CC)c1nc(N(CC)CC)nc(N2CCC34C=C[C@H](O)CC3Oc3c(OC)ccc(c34)C2)n1. The lowest BCUT2D eigenvalue weighted by atomic mass is 9.69. The summed E-state index contributed by atoms with van der Waals surface area (Å²) in [5.74, 6) is 3.69. The van der Waals surface area contributed by atoms with E-state index in [0.717, 1.165) is 62.5 Å². The van der Waals surface area contributed by atoms with Crippen molar-refractivity contribution in [3.63, 3.8) is 0 Å². The lowest BCUT2D eigenvalue weighted by molar-refractivity contribution is 0.0856. The van der Waals surface area contributed by atoms with E-state index in [-0.39, 0.29) is 11.5 Å². The molecule has 0 saturated carbocycles. The summed E-state index contributed by atoms with van der Waals surface area (Å²) in [5.41, 5.74) is 2.06. The summed E-state index contributed by atoms with van der Waals surface area (Å²) in [7, 11) is 1.68. The highest BCUT2D eigenvalue weighted by molar-refractivity contribution is 5.62. The molecule has 2 unspecified atom stereocenters. The molecule has 3 heterocycles. The van der Waals surface area contributed by atoms with Crippen LogP contribution in [0.3, 0.4) is 0 Å². The third-order valence-electron chi connectivity index (χ3n) is 7.93. The fourth-order valence-electron chi connectivity index (χ4n) is 5.89. The number of methoxy groups -OCH3 is 1. The number of benzene rings is 1. The number of hydrogen-bond donors (Lipinski definition) is 1. The third kappa shape index (κ3) is 3.93. The quantitative estimate of drug-likeness (QED) is 0.556. The molecule has 0 radical (unpaired) electrons. The lowest BCUT2D eigenvalue weighted by Crippen LogP contribution is -2.43. The molecular formula is C27H38N6O3. The molecule has 0 amide bonds. The molecule has 1 N–H and O–H groups in total. The van der Waals surface area contributed by atoms with Gasteiger partial charge in [0.25, 0.3) is 0 Å². The van der Waals surface area contributed by atoms with Crippen molar-refractivity contribution >= 4 is 17.8 Å². The first-order valence-electron chi connectivity index (χ1n) is 13.2. The van der Waals surface area contributed by atoms with Crippen molar-refractivity contribution in [3.05, 3.63) is 35.4 Å². The maximum atomic E-state index is 10.4. The molecule has 1 aromatic heterocycles. The molecular weight excluding hydrogens is 456 g/mol. The number of aliphatic hydroxyl groups excluding tert-OH is 1. The predicted molar refractivity (Wildman–Crippen MR) is 141 cm³/mol. The van der Waals surface area contributed by atoms with Gasteiger partial charge in [-0.2, -0.15) is 15.0 Å². The normalized spacial score (nSPS) is 24.0. The van der Waals surface area contributed by atoms with E-state index in [0.29, 0.717) is 18.9 Å². The molecule has 1 aliphatic carbocycles. The van der Waals surface area contributed by atoms with Crippen LogP contribution in [0.4, 0.5) is 17.8 Å². The largest absolute Gasteiger partial charge is 0.493 e. The second kappa shape index (κ2) is 9.76. The number of anilines is 3. The molecule has 9 nitrogen and oxygen atoms in total. The van der Waals surface area contributed by atoms with E-state index in [9.17, 15) is 5.11 Å². The smallest absolute Gasteiger partial charge is 0.232 e. The highest BCUT2D eigenvalue weighted by Gasteiger charge is 2.53. The lowest BCUT2D eigenvalue weighted by Gasteiger charge is -2.35. The Morgan fingerprint density at radius 1 is 1.06 bits per heavy atom. The fourth-order valence-corrected chi connectivity index (χ4v) is 5.89. The predicted octanol–water partition coefficient (Wildman–Crippen LogP) is 3.30. The highest BCUT2D eigenvalue weighted by atomic mass is 16.5. The maximum Gasteiger partial charge on any atom is 0.232 e. The third-order valence-corrected chi connectivity index (χ3v) is 7.93. The Labute approximate surface area is 213 Å². The monoisotopic (exact) mass is 494 g/mol. The highest BCUT2D eigenvalue weighted by Crippen LogP contribution is 2.55. The Kier molecular flexibility index (Phi) is 6.68. The van der Waals surface area contributed by atoms with Gasteiger partial charge in [0.2, 0.25) is 17.8 Å². The van der Waals surface area contributed by atoms with Crippen molar-refractivity contribution in [1.82, 2.24) is 15.0 Å². The molecule has 194 valence electrons. The van der Waals surface area contributed by atoms with Crippen LogP contribution in [0.15, 0.2) is 24.3 Å². The van der Waals surface area contributed by atoms with Crippen LogP contribution in [0.5, 0.6) is 11.5 Å². The Morgan fingerprint density at radius 2 is 1.72 bits per heavy atom. The van der Waals surface area contributed by atoms with Gasteiger partial charge >= 0.3 is 0 Å². The zero-order chi connectivity index (χ0) is 25.4. The van der Waals surface area contributed by atoms with Crippen LogP contribution in [0.25, 0.3) is 0 Å². The van der Waals surface area contributed by atoms with Gasteiger partial charge in [-0.3, -0.25) is 0 Å². The van der Waals surface area contributed by atoms with Crippen molar-refractivity contribution in [2.24, 2.45) is 0 Å². The van der Waals surface area contributed by atoms with Gasteiger partial charge in [0, 0.05) is 51.3 Å². The zero-order valence-electron chi connectivity index (χ0n) is 22.1. The molecule has 9 heteroatoms. The van der Waals surface area contributed by atoms with Crippen molar-refractivity contribution in [3.8, 4) is 11.5 Å². The summed E-state index contributed by atoms with van der Waals surface area (Å²) in [6, 6.07) is 4.12. The van der Waals surface area contributed by atoms with Crippen molar-refractivity contribution in [1.29, 1.82) is 0 Å². The number of aromatic nitrogens is 3. The maximum absolute atomic E-state index is 10.4. The van der Waals surface area contributed by atoms with Crippen LogP contribution < -0.4 is 24.2 Å². The van der Waals surface area contributed by atoms with Crippen LogP contribution in [0.1, 0.15) is 51.7 Å². The molecule has 0 saturated heterocycles. The summed E-state index contributed by atoms with van der Waals surface area (Å²) in [4.78, 5) is 21.4. The Hall–Kier alpha value is -3.07. The van der Waals surface area contributed by atoms with Gasteiger partial charge in [-0.1, -0.05) is 18.2 Å². The molecule has 1 aromatic carbocycles. The summed E-state index contributed by atoms with van der Waals surface area (Å²) >= 11 is 0. The first-order chi connectivity index (χ1) is 17.5. The minimum absolute atomic E-state index is 0.127. The molecule has 0 fully saturated rings. The van der Waals surface area contributed by atoms with Gasteiger partial charge in [-0.05, 0) is 45.7 Å². The van der Waals surface area contributed by atoms with E-state index >= 15 is 0 Å². The van der Waals surface area contributed by atoms with Gasteiger partial charge in [0.1, 0.15) is 6.10 Å². The van der Waals surface area contributed by atoms with E-state index in [1.807, 2.05) is 12.1 Å². The second-order valence-electron chi connectivity index (χ2n) is 9.69. The molecule has 2 aliphatic heterocycles. The van der Waals surface area contributed by atoms with Crippen LogP contribution in [0, 0.1) is 0 Å². The van der Waals surface area contributed by atoms with Gasteiger partial charge < -0.3 is 29.3 Å². The van der Waals surface area contributed by atoms with E-state index < -0.39 is 6.10 Å². The topological polar surface area (TPSA) is 87.1 Å². The standard InChI is InChI=1S/C27H38N6O3/c1-6-31(7-2)24-28-25(32(8-3)9-4)30-26(29-24)33-15-14-27-13-12-19(34)16-21(27)36-23-20(35-5)11-10-18(17-33)22(23)27/h10-13,19,21,34H,6-9,14-17H2,1-5H3/t19-,21?,27?/m0/s1.